The van der Waals surface area contributed by atoms with Crippen LogP contribution in [0.2, 0.25) is 0 Å². The quantitative estimate of drug-likeness (QED) is 0.432. The van der Waals surface area contributed by atoms with E-state index in [9.17, 15) is 36.5 Å². The molecule has 2 aromatic rings. The van der Waals surface area contributed by atoms with Crippen LogP contribution in [0.25, 0.3) is 10.8 Å². The van der Waals surface area contributed by atoms with Gasteiger partial charge in [0.2, 0.25) is 0 Å². The molecule has 0 aliphatic carbocycles. The Balaban J connectivity index is 2.28. The largest absolute Gasteiger partial charge is 0.471 e. The molecule has 0 N–H and O–H groups in total. The van der Waals surface area contributed by atoms with Gasteiger partial charge < -0.3 is 4.90 Å². The Hall–Kier alpha value is -2.40. The molecule has 1 aliphatic rings. The number of benzene rings is 2. The summed E-state index contributed by atoms with van der Waals surface area (Å²) in [6.45, 7) is -0.920. The first-order chi connectivity index (χ1) is 11.9. The minimum atomic E-state index is -5.09. The van der Waals surface area contributed by atoms with Gasteiger partial charge in [-0.25, -0.2) is 8.42 Å². The van der Waals surface area contributed by atoms with Crippen molar-refractivity contribution in [2.45, 2.75) is 24.2 Å². The van der Waals surface area contributed by atoms with Crippen LogP contribution in [0, 0.1) is 10.1 Å². The number of nitrogens with zero attached hydrogens (tertiary/aromatic N) is 2. The smallest absolute Gasteiger partial charge is 0.326 e. The van der Waals surface area contributed by atoms with Gasteiger partial charge in [-0.1, -0.05) is 12.1 Å². The van der Waals surface area contributed by atoms with E-state index in [2.05, 4.69) is 0 Å². The van der Waals surface area contributed by atoms with E-state index >= 15 is 0 Å². The van der Waals surface area contributed by atoms with E-state index < -0.39 is 49.7 Å². The summed E-state index contributed by atoms with van der Waals surface area (Å²) >= 11 is 0. The summed E-state index contributed by atoms with van der Waals surface area (Å²) in [5, 5.41) is 11.1. The molecule has 26 heavy (non-hydrogen) atoms. The van der Waals surface area contributed by atoms with Gasteiger partial charge in [-0.05, 0) is 22.6 Å². The molecule has 1 aliphatic heterocycles. The predicted octanol–water partition coefficient (Wildman–Crippen LogP) is 3.08. The molecule has 0 aromatic heterocycles. The van der Waals surface area contributed by atoms with E-state index in [-0.39, 0.29) is 21.9 Å². The molecule has 0 saturated carbocycles. The average molecular weight is 409 g/mol. The number of hydrogen-bond donors (Lipinski definition) is 0. The highest BCUT2D eigenvalue weighted by Gasteiger charge is 2.44. The Morgan fingerprint density at radius 3 is 2.46 bits per heavy atom. The van der Waals surface area contributed by atoms with Crippen molar-refractivity contribution >= 4 is 42.1 Å². The van der Waals surface area contributed by atoms with Crippen LogP contribution in [0.15, 0.2) is 29.2 Å². The molecule has 3 rings (SSSR count). The van der Waals surface area contributed by atoms with Gasteiger partial charge in [-0.15, -0.1) is 0 Å². The van der Waals surface area contributed by atoms with E-state index in [4.69, 9.17) is 10.7 Å². The molecular weight excluding hydrogens is 401 g/mol. The predicted molar refractivity (Wildman–Crippen MR) is 84.0 cm³/mol. The molecular formula is C14H8ClF3N2O5S. The second kappa shape index (κ2) is 5.81. The Morgan fingerprint density at radius 2 is 1.92 bits per heavy atom. The second-order valence-corrected chi connectivity index (χ2v) is 8.10. The Bertz CT molecular complexity index is 1070. The third-order valence-electron chi connectivity index (χ3n) is 4.01. The standard InChI is InChI=1S/C14H8ClF3N2O5S/c15-26(24,25)11-3-1-2-8-9-6-19(13(21)14(16,17)18)5-7(9)4-10(12(8)11)20(22)23/h1-4H,5-6H2. The van der Waals surface area contributed by atoms with Crippen LogP contribution in [0.5, 0.6) is 0 Å². The molecule has 0 bridgehead atoms. The Kier molecular flexibility index (Phi) is 4.11. The molecule has 0 unspecified atom stereocenters. The van der Waals surface area contributed by atoms with Gasteiger partial charge in [0, 0.05) is 29.8 Å². The van der Waals surface area contributed by atoms with Gasteiger partial charge in [0.05, 0.1) is 15.2 Å². The van der Waals surface area contributed by atoms with Gasteiger partial charge in [0.25, 0.3) is 14.7 Å². The maximum Gasteiger partial charge on any atom is 0.471 e. The molecule has 0 fully saturated rings. The fraction of sp³-hybridized carbons (Fsp3) is 0.214. The molecule has 0 spiro atoms. The zero-order valence-corrected chi connectivity index (χ0v) is 14.2. The van der Waals surface area contributed by atoms with Crippen molar-refractivity contribution in [2.24, 2.45) is 0 Å². The summed E-state index contributed by atoms with van der Waals surface area (Å²) in [5.74, 6) is -2.08. The van der Waals surface area contributed by atoms with Crippen LogP contribution in [-0.4, -0.2) is 30.3 Å². The lowest BCUT2D eigenvalue weighted by Crippen LogP contribution is -2.37. The molecule has 1 amide bonds. The summed E-state index contributed by atoms with van der Waals surface area (Å²) in [5.41, 5.74) is -0.254. The summed E-state index contributed by atoms with van der Waals surface area (Å²) in [4.78, 5) is 22.0. The lowest BCUT2D eigenvalue weighted by Gasteiger charge is -2.16. The number of hydrogen-bond acceptors (Lipinski definition) is 5. The summed E-state index contributed by atoms with van der Waals surface area (Å²) in [7, 11) is 0.992. The highest BCUT2D eigenvalue weighted by atomic mass is 35.7. The van der Waals surface area contributed by atoms with Gasteiger partial charge >= 0.3 is 12.1 Å². The molecule has 1 heterocycles. The SMILES string of the molecule is O=C(N1Cc2cc([N+](=O)[O-])c3c(S(=O)(=O)Cl)cccc3c2C1)C(F)(F)F. The molecule has 0 saturated heterocycles. The van der Waals surface area contributed by atoms with Gasteiger partial charge in [-0.2, -0.15) is 13.2 Å². The third-order valence-corrected chi connectivity index (χ3v) is 5.37. The van der Waals surface area contributed by atoms with Crippen LogP contribution in [0.3, 0.4) is 0 Å². The van der Waals surface area contributed by atoms with Crippen molar-refractivity contribution in [3.8, 4) is 0 Å². The van der Waals surface area contributed by atoms with Crippen molar-refractivity contribution in [1.29, 1.82) is 0 Å². The van der Waals surface area contributed by atoms with Crippen molar-refractivity contribution in [3.05, 3.63) is 45.5 Å². The number of nitro benzene ring substituents is 1. The Labute approximate surface area is 148 Å². The van der Waals surface area contributed by atoms with Crippen molar-refractivity contribution < 1.29 is 31.3 Å². The number of alkyl halides is 3. The number of halogens is 4. The minimum Gasteiger partial charge on any atom is -0.326 e. The van der Waals surface area contributed by atoms with E-state index in [0.29, 0.717) is 4.90 Å². The Morgan fingerprint density at radius 1 is 1.27 bits per heavy atom. The van der Waals surface area contributed by atoms with Gasteiger partial charge in [0.15, 0.2) is 0 Å². The molecule has 2 aromatic carbocycles. The highest BCUT2D eigenvalue weighted by Crippen LogP contribution is 2.40. The normalized spacial score (nSPS) is 14.5. The van der Waals surface area contributed by atoms with Crippen LogP contribution in [-0.2, 0) is 26.9 Å². The summed E-state index contributed by atoms with van der Waals surface area (Å²) in [6.07, 6.45) is -5.09. The molecule has 138 valence electrons. The number of carbonyl (C=O) groups is 1. The number of fused-ring (bicyclic) bond motifs is 3. The number of non-ortho nitro benzene ring substituents is 1. The van der Waals surface area contributed by atoms with E-state index in [1.807, 2.05) is 0 Å². The van der Waals surface area contributed by atoms with E-state index in [1.165, 1.54) is 12.1 Å². The van der Waals surface area contributed by atoms with Crippen LogP contribution < -0.4 is 0 Å². The lowest BCUT2D eigenvalue weighted by atomic mass is 9.99. The molecule has 7 nitrogen and oxygen atoms in total. The van der Waals surface area contributed by atoms with Gasteiger partial charge in [-0.3, -0.25) is 14.9 Å². The topological polar surface area (TPSA) is 97.6 Å². The van der Waals surface area contributed by atoms with Crippen molar-refractivity contribution in [1.82, 2.24) is 4.90 Å². The zero-order valence-electron chi connectivity index (χ0n) is 12.6. The van der Waals surface area contributed by atoms with E-state index in [1.54, 1.807) is 0 Å². The number of amides is 1. The lowest BCUT2D eigenvalue weighted by molar-refractivity contribution is -0.383. The maximum absolute atomic E-state index is 12.7. The highest BCUT2D eigenvalue weighted by molar-refractivity contribution is 8.14. The molecule has 0 atom stereocenters. The summed E-state index contributed by atoms with van der Waals surface area (Å²) < 4.78 is 61.5. The molecule has 12 heteroatoms. The van der Waals surface area contributed by atoms with Crippen LogP contribution in [0.1, 0.15) is 11.1 Å². The average Bonchev–Trinajstić information content (AvgIpc) is 2.94. The van der Waals surface area contributed by atoms with Crippen LogP contribution >= 0.6 is 10.7 Å². The monoisotopic (exact) mass is 408 g/mol. The number of rotatable bonds is 2. The number of nitro groups is 1. The van der Waals surface area contributed by atoms with Crippen molar-refractivity contribution in [2.75, 3.05) is 0 Å². The first kappa shape index (κ1) is 18.4. The number of carbonyl (C=O) groups excluding carboxylic acids is 1. The minimum absolute atomic E-state index is 0.0633. The molecule has 0 radical (unpaired) electrons. The first-order valence-electron chi connectivity index (χ1n) is 6.94. The van der Waals surface area contributed by atoms with Crippen LogP contribution in [0.4, 0.5) is 18.9 Å². The first-order valence-corrected chi connectivity index (χ1v) is 9.25. The van der Waals surface area contributed by atoms with Gasteiger partial charge in [0.1, 0.15) is 0 Å². The fourth-order valence-electron chi connectivity index (χ4n) is 2.99. The maximum atomic E-state index is 12.7. The van der Waals surface area contributed by atoms with Crippen molar-refractivity contribution in [3.63, 3.8) is 0 Å². The van der Waals surface area contributed by atoms with E-state index in [0.717, 1.165) is 12.1 Å². The third kappa shape index (κ3) is 2.97. The zero-order chi connectivity index (χ0) is 19.4. The fourth-order valence-corrected chi connectivity index (χ4v) is 4.08. The second-order valence-electron chi connectivity index (χ2n) is 5.57. The summed E-state index contributed by atoms with van der Waals surface area (Å²) in [6, 6.07) is 4.66.